The molecule has 0 saturated carbocycles. The van der Waals surface area contributed by atoms with Crippen LogP contribution in [-0.2, 0) is 0 Å². The summed E-state index contributed by atoms with van der Waals surface area (Å²) >= 11 is 0. The number of anilines is 2. The molecule has 0 unspecified atom stereocenters. The number of nitrogens with zero attached hydrogens (tertiary/aromatic N) is 4. The van der Waals surface area contributed by atoms with Gasteiger partial charge in [-0.1, -0.05) is 18.2 Å². The van der Waals surface area contributed by atoms with Crippen LogP contribution in [0, 0.1) is 0 Å². The molecule has 4 N–H and O–H groups in total. The van der Waals surface area contributed by atoms with Crippen LogP contribution < -0.4 is 11.5 Å². The van der Waals surface area contributed by atoms with Gasteiger partial charge in [-0.15, -0.1) is 5.10 Å². The highest BCUT2D eigenvalue weighted by Gasteiger charge is 2.13. The first-order chi connectivity index (χ1) is 8.27. The Labute approximate surface area is 96.9 Å². The van der Waals surface area contributed by atoms with Gasteiger partial charge in [0.15, 0.2) is 11.5 Å². The second-order valence-electron chi connectivity index (χ2n) is 3.59. The lowest BCUT2D eigenvalue weighted by Gasteiger charge is -2.01. The van der Waals surface area contributed by atoms with E-state index < -0.39 is 0 Å². The van der Waals surface area contributed by atoms with Gasteiger partial charge in [-0.25, -0.2) is 14.6 Å². The van der Waals surface area contributed by atoms with Crippen LogP contribution in [0.2, 0.25) is 0 Å². The minimum atomic E-state index is 0.335. The zero-order valence-corrected chi connectivity index (χ0v) is 8.91. The van der Waals surface area contributed by atoms with Gasteiger partial charge in [-0.2, -0.15) is 0 Å². The largest absolute Gasteiger partial charge is 0.383 e. The van der Waals surface area contributed by atoms with E-state index in [1.54, 1.807) is 4.68 Å². The summed E-state index contributed by atoms with van der Waals surface area (Å²) in [5.74, 6) is 0.677. The fourth-order valence-electron chi connectivity index (χ4n) is 1.75. The minimum absolute atomic E-state index is 0.335. The van der Waals surface area contributed by atoms with Crippen LogP contribution in [-0.4, -0.2) is 19.7 Å². The predicted octanol–water partition coefficient (Wildman–Crippen LogP) is 0.980. The maximum Gasteiger partial charge on any atom is 0.170 e. The number of hydrogen-bond donors (Lipinski definition) is 2. The molecule has 0 aliphatic heterocycles. The quantitative estimate of drug-likeness (QED) is 0.644. The highest BCUT2D eigenvalue weighted by atomic mass is 15.3. The number of aromatic nitrogens is 4. The number of nitrogens with two attached hydrogens (primary N) is 2. The summed E-state index contributed by atoms with van der Waals surface area (Å²) in [6.45, 7) is 0. The highest BCUT2D eigenvalue weighted by molar-refractivity contribution is 5.95. The Morgan fingerprint density at radius 1 is 0.941 bits per heavy atom. The van der Waals surface area contributed by atoms with E-state index >= 15 is 0 Å². The van der Waals surface area contributed by atoms with Gasteiger partial charge in [0.25, 0.3) is 0 Å². The lowest BCUT2D eigenvalue weighted by molar-refractivity contribution is 0.901. The van der Waals surface area contributed by atoms with E-state index in [0.29, 0.717) is 22.7 Å². The number of hydrogen-bond acceptors (Lipinski definition) is 5. The topological polar surface area (TPSA) is 95.6 Å². The molecule has 84 valence electrons. The Morgan fingerprint density at radius 2 is 1.71 bits per heavy atom. The van der Waals surface area contributed by atoms with Crippen molar-refractivity contribution in [2.45, 2.75) is 0 Å². The van der Waals surface area contributed by atoms with E-state index in [1.165, 1.54) is 6.33 Å². The summed E-state index contributed by atoms with van der Waals surface area (Å²) in [7, 11) is 0. The van der Waals surface area contributed by atoms with Gasteiger partial charge in [-0.3, -0.25) is 0 Å². The lowest BCUT2D eigenvalue weighted by Crippen LogP contribution is -1.98. The molecule has 3 rings (SSSR count). The Balaban J connectivity index is 2.36. The Bertz CT molecular complexity index is 673. The van der Waals surface area contributed by atoms with Crippen LogP contribution in [0.1, 0.15) is 0 Å². The predicted molar refractivity (Wildman–Crippen MR) is 65.5 cm³/mol. The van der Waals surface area contributed by atoms with Crippen molar-refractivity contribution in [3.05, 3.63) is 36.7 Å². The smallest absolute Gasteiger partial charge is 0.170 e. The maximum atomic E-state index is 5.82. The fraction of sp³-hybridized carbons (Fsp3) is 0. The highest BCUT2D eigenvalue weighted by Crippen LogP contribution is 2.24. The maximum absolute atomic E-state index is 5.82. The molecule has 2 aromatic heterocycles. The number of rotatable bonds is 1. The molecule has 6 heteroatoms. The molecule has 2 heterocycles. The molecule has 0 atom stereocenters. The van der Waals surface area contributed by atoms with Crippen molar-refractivity contribution in [2.24, 2.45) is 0 Å². The third-order valence-electron chi connectivity index (χ3n) is 2.52. The molecule has 0 aliphatic rings. The summed E-state index contributed by atoms with van der Waals surface area (Å²) in [4.78, 5) is 8.08. The van der Waals surface area contributed by atoms with Crippen LogP contribution in [0.4, 0.5) is 11.6 Å². The van der Waals surface area contributed by atoms with Crippen molar-refractivity contribution < 1.29 is 0 Å². The summed E-state index contributed by atoms with van der Waals surface area (Å²) in [5.41, 5.74) is 13.1. The van der Waals surface area contributed by atoms with Gasteiger partial charge < -0.3 is 11.5 Å². The van der Waals surface area contributed by atoms with Crippen molar-refractivity contribution in [2.75, 3.05) is 11.5 Å². The molecule has 0 fully saturated rings. The molecule has 17 heavy (non-hydrogen) atoms. The molecular formula is C11H10N6. The van der Waals surface area contributed by atoms with E-state index in [0.717, 1.165) is 5.69 Å². The monoisotopic (exact) mass is 226 g/mol. The third kappa shape index (κ3) is 1.38. The molecule has 0 radical (unpaired) electrons. The molecule has 6 nitrogen and oxygen atoms in total. The minimum Gasteiger partial charge on any atom is -0.383 e. The summed E-state index contributed by atoms with van der Waals surface area (Å²) < 4.78 is 1.66. The van der Waals surface area contributed by atoms with Crippen LogP contribution in [0.5, 0.6) is 0 Å². The van der Waals surface area contributed by atoms with Crippen molar-refractivity contribution in [1.82, 2.24) is 19.7 Å². The number of nitrogen functional groups attached to an aromatic ring is 2. The van der Waals surface area contributed by atoms with E-state index in [-0.39, 0.29) is 0 Å². The molecule has 3 aromatic rings. The van der Waals surface area contributed by atoms with E-state index in [1.807, 2.05) is 30.3 Å². The van der Waals surface area contributed by atoms with Gasteiger partial charge in [0.1, 0.15) is 17.5 Å². The molecule has 0 amide bonds. The Kier molecular flexibility index (Phi) is 1.94. The van der Waals surface area contributed by atoms with Crippen molar-refractivity contribution in [1.29, 1.82) is 0 Å². The third-order valence-corrected chi connectivity index (χ3v) is 2.52. The van der Waals surface area contributed by atoms with Crippen LogP contribution >= 0.6 is 0 Å². The van der Waals surface area contributed by atoms with Gasteiger partial charge >= 0.3 is 0 Å². The standard InChI is InChI=1S/C11H10N6/c12-9-8-10(13)16-17(11(8)15-6-14-9)7-4-2-1-3-5-7/h1-6H,(H2,13,16)(H2,12,14,15). The second-order valence-corrected chi connectivity index (χ2v) is 3.59. The summed E-state index contributed by atoms with van der Waals surface area (Å²) in [6, 6.07) is 9.61. The van der Waals surface area contributed by atoms with Crippen molar-refractivity contribution >= 4 is 22.7 Å². The fourth-order valence-corrected chi connectivity index (χ4v) is 1.75. The number of fused-ring (bicyclic) bond motifs is 1. The zero-order valence-electron chi connectivity index (χ0n) is 8.91. The average molecular weight is 226 g/mol. The Hall–Kier alpha value is -2.63. The zero-order chi connectivity index (χ0) is 11.8. The van der Waals surface area contributed by atoms with Crippen molar-refractivity contribution in [3.63, 3.8) is 0 Å². The molecule has 1 aromatic carbocycles. The summed E-state index contributed by atoms with van der Waals surface area (Å²) in [6.07, 6.45) is 1.40. The molecule has 0 bridgehead atoms. The summed E-state index contributed by atoms with van der Waals surface area (Å²) in [5, 5.41) is 4.83. The molecule has 0 aliphatic carbocycles. The van der Waals surface area contributed by atoms with E-state index in [9.17, 15) is 0 Å². The van der Waals surface area contributed by atoms with E-state index in [4.69, 9.17) is 11.5 Å². The molecule has 0 saturated heterocycles. The lowest BCUT2D eigenvalue weighted by atomic mass is 10.3. The molecular weight excluding hydrogens is 216 g/mol. The van der Waals surface area contributed by atoms with E-state index in [2.05, 4.69) is 15.1 Å². The van der Waals surface area contributed by atoms with Crippen LogP contribution in [0.25, 0.3) is 16.7 Å². The first-order valence-corrected chi connectivity index (χ1v) is 5.07. The average Bonchev–Trinajstić information content (AvgIpc) is 2.69. The van der Waals surface area contributed by atoms with Gasteiger partial charge in [0, 0.05) is 0 Å². The first kappa shape index (κ1) is 9.59. The van der Waals surface area contributed by atoms with Gasteiger partial charge in [0.05, 0.1) is 5.69 Å². The normalized spacial score (nSPS) is 10.8. The number of para-hydroxylation sites is 1. The SMILES string of the molecule is Nc1ncnc2c1c(N)nn2-c1ccccc1. The van der Waals surface area contributed by atoms with Gasteiger partial charge in [-0.05, 0) is 12.1 Å². The van der Waals surface area contributed by atoms with Crippen LogP contribution in [0.3, 0.4) is 0 Å². The number of benzene rings is 1. The Morgan fingerprint density at radius 3 is 2.47 bits per heavy atom. The van der Waals surface area contributed by atoms with Gasteiger partial charge in [0.2, 0.25) is 0 Å². The first-order valence-electron chi connectivity index (χ1n) is 5.07. The van der Waals surface area contributed by atoms with Crippen LogP contribution in [0.15, 0.2) is 36.7 Å². The molecule has 0 spiro atoms. The van der Waals surface area contributed by atoms with Crippen molar-refractivity contribution in [3.8, 4) is 5.69 Å². The second kappa shape index (κ2) is 3.44.